The molecule has 0 aliphatic carbocycles. The molecule has 6 nitrogen and oxygen atoms in total. The van der Waals surface area contributed by atoms with Gasteiger partial charge in [0.2, 0.25) is 5.91 Å². The van der Waals surface area contributed by atoms with Crippen LogP contribution < -0.4 is 14.9 Å². The summed E-state index contributed by atoms with van der Waals surface area (Å²) in [6.07, 6.45) is 3.35. The predicted molar refractivity (Wildman–Crippen MR) is 134 cm³/mol. The molecule has 0 unspecified atom stereocenters. The number of rotatable bonds is 12. The van der Waals surface area contributed by atoms with Gasteiger partial charge in [-0.25, -0.2) is 5.43 Å². The van der Waals surface area contributed by atoms with E-state index < -0.39 is 0 Å². The number of allylic oxidation sites excluding steroid dienone is 1. The molecule has 0 atom stereocenters. The molecule has 0 saturated heterocycles. The molecular weight excluding hydrogens is 436 g/mol. The van der Waals surface area contributed by atoms with Crippen LogP contribution in [0.4, 0.5) is 0 Å². The Kier molecular flexibility index (Phi) is 8.78. The van der Waals surface area contributed by atoms with Crippen LogP contribution in [0.5, 0.6) is 11.5 Å². The molecule has 0 fully saturated rings. The highest BCUT2D eigenvalue weighted by molar-refractivity contribution is 7.17. The van der Waals surface area contributed by atoms with E-state index in [1.165, 1.54) is 11.8 Å². The number of thiophene rings is 1. The Bertz CT molecular complexity index is 1170. The molecule has 3 rings (SSSR count). The Labute approximate surface area is 197 Å². The maximum Gasteiger partial charge on any atom is 0.240 e. The summed E-state index contributed by atoms with van der Waals surface area (Å²) in [5.74, 6) is 0.617. The molecule has 1 amide bonds. The molecule has 33 heavy (non-hydrogen) atoms. The van der Waals surface area contributed by atoms with E-state index in [0.717, 1.165) is 23.1 Å². The van der Waals surface area contributed by atoms with Crippen molar-refractivity contribution in [1.29, 1.82) is 0 Å². The monoisotopic (exact) mass is 464 g/mol. The average molecular weight is 465 g/mol. The van der Waals surface area contributed by atoms with Gasteiger partial charge in [0.25, 0.3) is 0 Å². The number of nitrogens with one attached hydrogen (secondary N) is 1. The number of ketones is 1. The number of carbonyl (C=O) groups excluding carboxylic acids is 2. The topological polar surface area (TPSA) is 77.0 Å². The van der Waals surface area contributed by atoms with Crippen LogP contribution >= 0.6 is 11.3 Å². The van der Waals surface area contributed by atoms with Gasteiger partial charge in [-0.05, 0) is 44.0 Å². The molecule has 0 saturated carbocycles. The van der Waals surface area contributed by atoms with E-state index in [1.807, 2.05) is 25.1 Å². The van der Waals surface area contributed by atoms with E-state index in [-0.39, 0.29) is 24.5 Å². The number of fused-ring (bicyclic) bond motifs is 1. The molecule has 172 valence electrons. The second-order valence-corrected chi connectivity index (χ2v) is 8.20. The lowest BCUT2D eigenvalue weighted by atomic mass is 10.0. The number of carbonyl (C=O) groups is 2. The first-order valence-electron chi connectivity index (χ1n) is 10.8. The van der Waals surface area contributed by atoms with Gasteiger partial charge in [-0.2, -0.15) is 5.10 Å². The first kappa shape index (κ1) is 24.2. The zero-order valence-corrected chi connectivity index (χ0v) is 19.7. The van der Waals surface area contributed by atoms with Crippen molar-refractivity contribution >= 4 is 38.8 Å². The lowest BCUT2D eigenvalue weighted by molar-refractivity contribution is -0.121. The van der Waals surface area contributed by atoms with E-state index >= 15 is 0 Å². The highest BCUT2D eigenvalue weighted by Crippen LogP contribution is 2.29. The average Bonchev–Trinajstić information content (AvgIpc) is 3.27. The van der Waals surface area contributed by atoms with Gasteiger partial charge in [0.15, 0.2) is 17.3 Å². The van der Waals surface area contributed by atoms with Gasteiger partial charge in [-0.3, -0.25) is 9.59 Å². The van der Waals surface area contributed by atoms with Crippen LogP contribution in [0.15, 0.2) is 65.6 Å². The molecule has 1 N–H and O–H groups in total. The number of benzene rings is 2. The first-order chi connectivity index (χ1) is 16.1. The van der Waals surface area contributed by atoms with Crippen LogP contribution in [0.25, 0.3) is 10.1 Å². The molecule has 7 heteroatoms. The second kappa shape index (κ2) is 12.0. The molecule has 0 aliphatic rings. The summed E-state index contributed by atoms with van der Waals surface area (Å²) in [6.45, 7) is 6.16. The Hall–Kier alpha value is -3.45. The van der Waals surface area contributed by atoms with Crippen molar-refractivity contribution in [3.05, 3.63) is 71.6 Å². The van der Waals surface area contributed by atoms with Crippen LogP contribution in [0.1, 0.15) is 48.5 Å². The number of hydrogen-bond donors (Lipinski definition) is 1. The minimum absolute atomic E-state index is 0.0387. The Morgan fingerprint density at radius 3 is 2.70 bits per heavy atom. The highest BCUT2D eigenvalue weighted by atomic mass is 32.1. The van der Waals surface area contributed by atoms with Gasteiger partial charge in [-0.1, -0.05) is 24.3 Å². The maximum atomic E-state index is 12.6. The van der Waals surface area contributed by atoms with Crippen molar-refractivity contribution in [1.82, 2.24) is 5.43 Å². The van der Waals surface area contributed by atoms with E-state index in [0.29, 0.717) is 30.1 Å². The zero-order chi connectivity index (χ0) is 23.6. The lowest BCUT2D eigenvalue weighted by Gasteiger charge is -2.10. The summed E-state index contributed by atoms with van der Waals surface area (Å²) >= 11 is 1.65. The standard InChI is InChI=1S/C26H28N2O4S/c1-4-6-10-21(20-17-33-25-11-8-7-9-19(20)25)27-28-26(30)15-13-22(29)18-12-14-23(32-5-2)24(16-18)31-3/h4,7-9,11-12,14,16-17H,1,5-6,10,13,15H2,2-3H3,(H,28,30)/b27-21-. The Balaban J connectivity index is 1.65. The van der Waals surface area contributed by atoms with Crippen molar-refractivity contribution in [3.8, 4) is 11.5 Å². The van der Waals surface area contributed by atoms with Gasteiger partial charge in [0.05, 0.1) is 19.4 Å². The van der Waals surface area contributed by atoms with Gasteiger partial charge in [0, 0.05) is 39.4 Å². The molecule has 1 heterocycles. The third-order valence-corrected chi connectivity index (χ3v) is 6.02. The lowest BCUT2D eigenvalue weighted by Crippen LogP contribution is -2.20. The van der Waals surface area contributed by atoms with Crippen molar-refractivity contribution in [2.75, 3.05) is 13.7 Å². The third-order valence-electron chi connectivity index (χ3n) is 5.06. The first-order valence-corrected chi connectivity index (χ1v) is 11.7. The predicted octanol–water partition coefficient (Wildman–Crippen LogP) is 5.76. The smallest absolute Gasteiger partial charge is 0.240 e. The SMILES string of the molecule is C=CCC/C(=N/NC(=O)CCC(=O)c1ccc(OCC)c(OC)c1)c1csc2ccccc12. The van der Waals surface area contributed by atoms with Crippen LogP contribution in [0.3, 0.4) is 0 Å². The molecule has 3 aromatic rings. The number of amides is 1. The van der Waals surface area contributed by atoms with Gasteiger partial charge >= 0.3 is 0 Å². The summed E-state index contributed by atoms with van der Waals surface area (Å²) in [6, 6.07) is 13.1. The summed E-state index contributed by atoms with van der Waals surface area (Å²) in [5, 5.41) is 7.56. The van der Waals surface area contributed by atoms with Gasteiger partial charge < -0.3 is 9.47 Å². The van der Waals surface area contributed by atoms with E-state index in [4.69, 9.17) is 9.47 Å². The summed E-state index contributed by atoms with van der Waals surface area (Å²) in [5.41, 5.74) is 4.90. The van der Waals surface area contributed by atoms with E-state index in [9.17, 15) is 9.59 Å². The van der Waals surface area contributed by atoms with Crippen LogP contribution in [-0.2, 0) is 4.79 Å². The Morgan fingerprint density at radius 1 is 1.12 bits per heavy atom. The number of ether oxygens (including phenoxy) is 2. The summed E-state index contributed by atoms with van der Waals surface area (Å²) in [4.78, 5) is 25.0. The number of methoxy groups -OCH3 is 1. The normalized spacial score (nSPS) is 11.3. The van der Waals surface area contributed by atoms with Crippen molar-refractivity contribution in [2.45, 2.75) is 32.6 Å². The highest BCUT2D eigenvalue weighted by Gasteiger charge is 2.14. The zero-order valence-electron chi connectivity index (χ0n) is 18.9. The number of hydrazone groups is 1. The van der Waals surface area contributed by atoms with E-state index in [1.54, 1.807) is 29.5 Å². The van der Waals surface area contributed by atoms with Crippen LogP contribution in [0.2, 0.25) is 0 Å². The molecule has 2 aromatic carbocycles. The Morgan fingerprint density at radius 2 is 1.94 bits per heavy atom. The second-order valence-electron chi connectivity index (χ2n) is 7.29. The summed E-state index contributed by atoms with van der Waals surface area (Å²) in [7, 11) is 1.53. The molecule has 0 radical (unpaired) electrons. The van der Waals surface area contributed by atoms with Crippen LogP contribution in [-0.4, -0.2) is 31.1 Å². The number of Topliss-reactive ketones (excluding diaryl/α,β-unsaturated/α-hetero) is 1. The molecule has 1 aromatic heterocycles. The van der Waals surface area contributed by atoms with Gasteiger partial charge in [0.1, 0.15) is 0 Å². The molecular formula is C26H28N2O4S. The van der Waals surface area contributed by atoms with Crippen molar-refractivity contribution in [3.63, 3.8) is 0 Å². The fourth-order valence-electron chi connectivity index (χ4n) is 3.36. The number of nitrogens with zero attached hydrogens (tertiary/aromatic N) is 1. The molecule has 0 aliphatic heterocycles. The van der Waals surface area contributed by atoms with Crippen LogP contribution in [0, 0.1) is 0 Å². The fourth-order valence-corrected chi connectivity index (χ4v) is 4.33. The van der Waals surface area contributed by atoms with Crippen molar-refractivity contribution < 1.29 is 19.1 Å². The van der Waals surface area contributed by atoms with Crippen molar-refractivity contribution in [2.24, 2.45) is 5.10 Å². The minimum Gasteiger partial charge on any atom is -0.493 e. The maximum absolute atomic E-state index is 12.6. The van der Waals surface area contributed by atoms with Gasteiger partial charge in [-0.15, -0.1) is 17.9 Å². The molecule has 0 bridgehead atoms. The number of hydrogen-bond acceptors (Lipinski definition) is 6. The quantitative estimate of drug-likeness (QED) is 0.160. The van der Waals surface area contributed by atoms with E-state index in [2.05, 4.69) is 34.6 Å². The minimum atomic E-state index is -0.308. The largest absolute Gasteiger partial charge is 0.493 e. The fraction of sp³-hybridized carbons (Fsp3) is 0.269. The third kappa shape index (κ3) is 6.29. The summed E-state index contributed by atoms with van der Waals surface area (Å²) < 4.78 is 11.9. The molecule has 0 spiro atoms.